The van der Waals surface area contributed by atoms with E-state index in [0.717, 1.165) is 9.87 Å². The van der Waals surface area contributed by atoms with Crippen LogP contribution in [0.25, 0.3) is 0 Å². The molecular formula is C17H16FNO4S. The van der Waals surface area contributed by atoms with Gasteiger partial charge in [0.1, 0.15) is 11.9 Å². The second kappa shape index (κ2) is 5.99. The predicted molar refractivity (Wildman–Crippen MR) is 85.1 cm³/mol. The summed E-state index contributed by atoms with van der Waals surface area (Å²) in [4.78, 5) is 12.1. The van der Waals surface area contributed by atoms with Crippen molar-refractivity contribution in [2.45, 2.75) is 23.9 Å². The molecule has 0 saturated carbocycles. The molecule has 24 heavy (non-hydrogen) atoms. The summed E-state index contributed by atoms with van der Waals surface area (Å²) in [7, 11) is -2.65. The second-order valence-corrected chi connectivity index (χ2v) is 7.46. The number of ether oxygens (including phenoxy) is 1. The van der Waals surface area contributed by atoms with Gasteiger partial charge in [0, 0.05) is 0 Å². The van der Waals surface area contributed by atoms with Crippen LogP contribution in [0.4, 0.5) is 4.39 Å². The van der Waals surface area contributed by atoms with Gasteiger partial charge in [-0.3, -0.25) is 4.79 Å². The highest BCUT2D eigenvalue weighted by Gasteiger charge is 2.61. The smallest absolute Gasteiger partial charge is 0.326 e. The maximum Gasteiger partial charge on any atom is 0.326 e. The van der Waals surface area contributed by atoms with E-state index in [-0.39, 0.29) is 4.90 Å². The van der Waals surface area contributed by atoms with Crippen LogP contribution in [0.2, 0.25) is 0 Å². The van der Waals surface area contributed by atoms with Gasteiger partial charge in [0.2, 0.25) is 10.0 Å². The fourth-order valence-electron chi connectivity index (χ4n) is 2.69. The van der Waals surface area contributed by atoms with E-state index < -0.39 is 33.9 Å². The lowest BCUT2D eigenvalue weighted by Crippen LogP contribution is -2.20. The molecule has 0 aromatic heterocycles. The van der Waals surface area contributed by atoms with Gasteiger partial charge in [-0.25, -0.2) is 12.8 Å². The maximum absolute atomic E-state index is 13.1. The molecule has 0 bridgehead atoms. The Morgan fingerprint density at radius 1 is 1.08 bits per heavy atom. The summed E-state index contributed by atoms with van der Waals surface area (Å²) in [6, 6.07) is 10.2. The Bertz CT molecular complexity index is 862. The van der Waals surface area contributed by atoms with Gasteiger partial charge < -0.3 is 4.74 Å². The van der Waals surface area contributed by atoms with Gasteiger partial charge >= 0.3 is 5.97 Å². The molecule has 0 aliphatic carbocycles. The molecule has 5 nitrogen and oxygen atoms in total. The summed E-state index contributed by atoms with van der Waals surface area (Å²) in [5.74, 6) is -1.07. The van der Waals surface area contributed by atoms with Gasteiger partial charge in [-0.1, -0.05) is 29.8 Å². The van der Waals surface area contributed by atoms with Gasteiger partial charge in [0.05, 0.1) is 18.0 Å². The van der Waals surface area contributed by atoms with Gasteiger partial charge in [-0.15, -0.1) is 0 Å². The SMILES string of the molecule is COC(=O)[C@H]1[C@H](c2ccc(F)cc2)N1S(=O)(=O)c1ccc(C)cc1. The fourth-order valence-corrected chi connectivity index (χ4v) is 4.39. The molecule has 7 heteroatoms. The van der Waals surface area contributed by atoms with Gasteiger partial charge in [0.15, 0.2) is 0 Å². The highest BCUT2D eigenvalue weighted by Crippen LogP contribution is 2.48. The van der Waals surface area contributed by atoms with Crippen LogP contribution in [0.5, 0.6) is 0 Å². The number of nitrogens with zero attached hydrogens (tertiary/aromatic N) is 1. The van der Waals surface area contributed by atoms with E-state index in [1.807, 2.05) is 6.92 Å². The van der Waals surface area contributed by atoms with E-state index in [0.29, 0.717) is 5.56 Å². The van der Waals surface area contributed by atoms with Crippen LogP contribution >= 0.6 is 0 Å². The summed E-state index contributed by atoms with van der Waals surface area (Å²) in [5, 5.41) is 0. The Balaban J connectivity index is 1.99. The van der Waals surface area contributed by atoms with Crippen molar-refractivity contribution in [2.75, 3.05) is 7.11 Å². The Labute approximate surface area is 139 Å². The molecule has 0 radical (unpaired) electrons. The standard InChI is InChI=1S/C17H16FNO4S/c1-11-3-9-14(10-4-11)24(21,22)19-15(16(19)17(20)23-2)12-5-7-13(18)8-6-12/h3-10,15-16H,1-2H3/t15-,16+,19?/m0/s1. The van der Waals surface area contributed by atoms with E-state index in [1.54, 1.807) is 12.1 Å². The highest BCUT2D eigenvalue weighted by molar-refractivity contribution is 7.89. The number of hydrogen-bond acceptors (Lipinski definition) is 4. The van der Waals surface area contributed by atoms with Crippen LogP contribution in [-0.2, 0) is 19.6 Å². The number of methoxy groups -OCH3 is 1. The number of aryl methyl sites for hydroxylation is 1. The fraction of sp³-hybridized carbons (Fsp3) is 0.235. The monoisotopic (exact) mass is 349 g/mol. The zero-order valence-corrected chi connectivity index (χ0v) is 14.0. The summed E-state index contributed by atoms with van der Waals surface area (Å²) < 4.78 is 44.6. The third-order valence-electron chi connectivity index (χ3n) is 4.01. The molecule has 126 valence electrons. The Kier molecular flexibility index (Phi) is 4.15. The number of carbonyl (C=O) groups is 1. The highest BCUT2D eigenvalue weighted by atomic mass is 32.2. The molecule has 0 spiro atoms. The van der Waals surface area contributed by atoms with E-state index in [1.165, 1.54) is 43.5 Å². The zero-order chi connectivity index (χ0) is 17.5. The molecule has 2 aromatic carbocycles. The number of halogens is 1. The van der Waals surface area contributed by atoms with Crippen molar-refractivity contribution >= 4 is 16.0 Å². The number of hydrogen-bond donors (Lipinski definition) is 0. The zero-order valence-electron chi connectivity index (χ0n) is 13.1. The van der Waals surface area contributed by atoms with Gasteiger partial charge in [-0.2, -0.15) is 4.31 Å². The molecule has 1 aliphatic heterocycles. The average molecular weight is 349 g/mol. The third kappa shape index (κ3) is 2.81. The van der Waals surface area contributed by atoms with Gasteiger partial charge in [0.25, 0.3) is 0 Å². The molecule has 0 N–H and O–H groups in total. The first-order valence-electron chi connectivity index (χ1n) is 7.30. The molecule has 3 atom stereocenters. The number of rotatable bonds is 4. The van der Waals surface area contributed by atoms with Crippen molar-refractivity contribution in [1.82, 2.24) is 4.31 Å². The van der Waals surface area contributed by atoms with Crippen molar-refractivity contribution in [2.24, 2.45) is 0 Å². The summed E-state index contributed by atoms with van der Waals surface area (Å²) in [6.45, 7) is 1.85. The minimum Gasteiger partial charge on any atom is -0.468 e. The van der Waals surface area contributed by atoms with Crippen LogP contribution < -0.4 is 0 Å². The molecule has 1 heterocycles. The van der Waals surface area contributed by atoms with Crippen LogP contribution in [0, 0.1) is 12.7 Å². The van der Waals surface area contributed by atoms with Crippen molar-refractivity contribution in [3.8, 4) is 0 Å². The predicted octanol–water partition coefficient (Wildman–Crippen LogP) is 2.42. The minimum atomic E-state index is -3.86. The first kappa shape index (κ1) is 16.6. The number of esters is 1. The van der Waals surface area contributed by atoms with Crippen molar-refractivity contribution in [3.05, 3.63) is 65.5 Å². The molecule has 1 fully saturated rings. The number of benzene rings is 2. The average Bonchev–Trinajstić information content (AvgIpc) is 3.31. The largest absolute Gasteiger partial charge is 0.468 e. The molecule has 1 saturated heterocycles. The lowest BCUT2D eigenvalue weighted by Gasteiger charge is -2.07. The van der Waals surface area contributed by atoms with Crippen molar-refractivity contribution < 1.29 is 22.3 Å². The molecule has 2 aromatic rings. The first-order valence-corrected chi connectivity index (χ1v) is 8.74. The number of carbonyl (C=O) groups excluding carboxylic acids is 1. The molecular weight excluding hydrogens is 333 g/mol. The molecule has 0 amide bonds. The van der Waals surface area contributed by atoms with Crippen LogP contribution in [0.15, 0.2) is 53.4 Å². The summed E-state index contributed by atoms with van der Waals surface area (Å²) in [6.07, 6.45) is 0. The lowest BCUT2D eigenvalue weighted by molar-refractivity contribution is -0.140. The Hall–Kier alpha value is -2.25. The maximum atomic E-state index is 13.1. The van der Waals surface area contributed by atoms with E-state index in [4.69, 9.17) is 4.74 Å². The Morgan fingerprint density at radius 3 is 2.21 bits per heavy atom. The van der Waals surface area contributed by atoms with Gasteiger partial charge in [-0.05, 0) is 36.8 Å². The summed E-state index contributed by atoms with van der Waals surface area (Å²) in [5.41, 5.74) is 1.47. The van der Waals surface area contributed by atoms with Crippen LogP contribution in [0.3, 0.4) is 0 Å². The van der Waals surface area contributed by atoms with E-state index in [2.05, 4.69) is 0 Å². The molecule has 3 rings (SSSR count). The van der Waals surface area contributed by atoms with Crippen LogP contribution in [0.1, 0.15) is 17.2 Å². The van der Waals surface area contributed by atoms with Crippen molar-refractivity contribution in [3.63, 3.8) is 0 Å². The summed E-state index contributed by atoms with van der Waals surface area (Å²) >= 11 is 0. The van der Waals surface area contributed by atoms with E-state index >= 15 is 0 Å². The topological polar surface area (TPSA) is 63.5 Å². The molecule has 1 aliphatic rings. The first-order chi connectivity index (χ1) is 11.4. The van der Waals surface area contributed by atoms with E-state index in [9.17, 15) is 17.6 Å². The third-order valence-corrected chi connectivity index (χ3v) is 5.89. The lowest BCUT2D eigenvalue weighted by atomic mass is 10.1. The van der Waals surface area contributed by atoms with Crippen molar-refractivity contribution in [1.29, 1.82) is 0 Å². The normalized spacial score (nSPS) is 22.9. The Morgan fingerprint density at radius 2 is 1.67 bits per heavy atom. The minimum absolute atomic E-state index is 0.103. The quantitative estimate of drug-likeness (QED) is 0.628. The van der Waals surface area contributed by atoms with Crippen LogP contribution in [-0.4, -0.2) is 31.8 Å². The second-order valence-electron chi connectivity index (χ2n) is 5.61. The molecule has 1 unspecified atom stereocenters. The number of sulfonamides is 1.